The highest BCUT2D eigenvalue weighted by Crippen LogP contribution is 2.20. The maximum atomic E-state index is 8.97. The molecule has 0 aromatic heterocycles. The molecule has 5 heteroatoms. The standard InChI is InChI=1S/C14H5N5/c15-5-12(6-16)10-1-3-11(4-2-10)14(9-19)13(7-17)8-18/h1-4,15H. The maximum Gasteiger partial charge on any atom is 0.148 e. The van der Waals surface area contributed by atoms with E-state index in [1.54, 1.807) is 12.1 Å². The van der Waals surface area contributed by atoms with Gasteiger partial charge in [0.2, 0.25) is 0 Å². The number of rotatable bonds is 2. The van der Waals surface area contributed by atoms with E-state index in [4.69, 9.17) is 26.5 Å². The molecule has 0 aliphatic rings. The average molecular weight is 243 g/mol. The molecular formula is C14H5N5. The topological polar surface area (TPSA) is 119 Å². The first-order valence-corrected chi connectivity index (χ1v) is 4.97. The van der Waals surface area contributed by atoms with Gasteiger partial charge in [0.1, 0.15) is 35.4 Å². The zero-order chi connectivity index (χ0) is 14.3. The lowest BCUT2D eigenvalue weighted by atomic mass is 9.99. The van der Waals surface area contributed by atoms with Crippen molar-refractivity contribution in [2.24, 2.45) is 0 Å². The van der Waals surface area contributed by atoms with Gasteiger partial charge in [0.15, 0.2) is 0 Å². The van der Waals surface area contributed by atoms with Gasteiger partial charge in [0.25, 0.3) is 0 Å². The van der Waals surface area contributed by atoms with E-state index in [2.05, 4.69) is 0 Å². The van der Waals surface area contributed by atoms with E-state index in [0.717, 1.165) is 0 Å². The lowest BCUT2D eigenvalue weighted by Crippen LogP contribution is -1.88. The Kier molecular flexibility index (Phi) is 4.38. The third-order valence-electron chi connectivity index (χ3n) is 2.28. The number of nitriles is 4. The van der Waals surface area contributed by atoms with Crippen LogP contribution in [0.4, 0.5) is 0 Å². The number of nitrogens with one attached hydrogen (secondary N) is 1. The first kappa shape index (κ1) is 13.4. The highest BCUT2D eigenvalue weighted by molar-refractivity contribution is 5.96. The summed E-state index contributed by atoms with van der Waals surface area (Å²) < 4.78 is 0. The molecule has 1 rings (SSSR count). The van der Waals surface area contributed by atoms with Crippen molar-refractivity contribution < 1.29 is 0 Å². The first-order chi connectivity index (χ1) is 9.21. The number of hydrogen-bond acceptors (Lipinski definition) is 5. The normalized spacial score (nSPS) is 7.79. The van der Waals surface area contributed by atoms with Crippen molar-refractivity contribution in [3.8, 4) is 24.3 Å². The fraction of sp³-hybridized carbons (Fsp3) is 0. The van der Waals surface area contributed by atoms with Gasteiger partial charge in [-0.1, -0.05) is 24.3 Å². The molecule has 5 nitrogen and oxygen atoms in total. The SMILES string of the molecule is N#CC(=C=N)c1ccc(C(C#N)=C(C#N)C#N)cc1. The van der Waals surface area contributed by atoms with Crippen molar-refractivity contribution in [2.45, 2.75) is 0 Å². The summed E-state index contributed by atoms with van der Waals surface area (Å²) in [4.78, 5) is 0. The minimum Gasteiger partial charge on any atom is -0.258 e. The van der Waals surface area contributed by atoms with Crippen LogP contribution in [0.25, 0.3) is 11.1 Å². The zero-order valence-electron chi connectivity index (χ0n) is 9.60. The molecule has 0 saturated heterocycles. The third-order valence-corrected chi connectivity index (χ3v) is 2.28. The lowest BCUT2D eigenvalue weighted by molar-refractivity contribution is 1.45. The number of benzene rings is 1. The fourth-order valence-corrected chi connectivity index (χ4v) is 1.37. The van der Waals surface area contributed by atoms with Gasteiger partial charge < -0.3 is 0 Å². The van der Waals surface area contributed by atoms with E-state index >= 15 is 0 Å². The Bertz CT molecular complexity index is 733. The van der Waals surface area contributed by atoms with Crippen molar-refractivity contribution >= 4 is 17.0 Å². The molecule has 0 unspecified atom stereocenters. The van der Waals surface area contributed by atoms with Crippen molar-refractivity contribution in [2.75, 3.05) is 0 Å². The van der Waals surface area contributed by atoms with E-state index in [1.165, 1.54) is 24.3 Å². The molecule has 1 aromatic rings. The molecular weight excluding hydrogens is 238 g/mol. The molecule has 0 heterocycles. The van der Waals surface area contributed by atoms with Crippen LogP contribution in [0, 0.1) is 50.7 Å². The van der Waals surface area contributed by atoms with Crippen molar-refractivity contribution in [3.63, 3.8) is 0 Å². The van der Waals surface area contributed by atoms with E-state index in [1.807, 2.05) is 18.0 Å². The molecule has 0 aliphatic heterocycles. The van der Waals surface area contributed by atoms with Crippen LogP contribution in [-0.2, 0) is 0 Å². The summed E-state index contributed by atoms with van der Waals surface area (Å²) in [6, 6.07) is 13.0. The highest BCUT2D eigenvalue weighted by Gasteiger charge is 2.09. The molecule has 1 N–H and O–H groups in total. The minimum absolute atomic E-state index is 0.0195. The smallest absolute Gasteiger partial charge is 0.148 e. The summed E-state index contributed by atoms with van der Waals surface area (Å²) in [5.41, 5.74) is 0.669. The van der Waals surface area contributed by atoms with Gasteiger partial charge in [0, 0.05) is 5.56 Å². The largest absolute Gasteiger partial charge is 0.258 e. The Morgan fingerprint density at radius 1 is 0.789 bits per heavy atom. The monoisotopic (exact) mass is 243 g/mol. The molecule has 0 saturated carbocycles. The molecule has 19 heavy (non-hydrogen) atoms. The van der Waals surface area contributed by atoms with Gasteiger partial charge in [0.05, 0.1) is 5.57 Å². The zero-order valence-corrected chi connectivity index (χ0v) is 9.60. The summed E-state index contributed by atoms with van der Waals surface area (Å²) in [6.07, 6.45) is 0. The molecule has 0 spiro atoms. The van der Waals surface area contributed by atoms with E-state index in [-0.39, 0.29) is 16.7 Å². The quantitative estimate of drug-likeness (QED) is 0.632. The minimum atomic E-state index is -0.265. The summed E-state index contributed by atoms with van der Waals surface area (Å²) >= 11 is 0. The summed E-state index contributed by atoms with van der Waals surface area (Å²) in [7, 11) is 0. The van der Waals surface area contributed by atoms with Gasteiger partial charge >= 0.3 is 0 Å². The van der Waals surface area contributed by atoms with E-state index in [9.17, 15) is 0 Å². The van der Waals surface area contributed by atoms with Crippen LogP contribution >= 0.6 is 0 Å². The fourth-order valence-electron chi connectivity index (χ4n) is 1.37. The predicted octanol–water partition coefficient (Wildman–Crippen LogP) is 2.17. The van der Waals surface area contributed by atoms with Crippen LogP contribution < -0.4 is 0 Å². The van der Waals surface area contributed by atoms with Crippen LogP contribution in [-0.4, -0.2) is 5.87 Å². The highest BCUT2D eigenvalue weighted by atomic mass is 14.3. The maximum absolute atomic E-state index is 8.97. The molecule has 0 bridgehead atoms. The molecule has 1 aromatic carbocycles. The van der Waals surface area contributed by atoms with Gasteiger partial charge in [-0.15, -0.1) is 0 Å². The van der Waals surface area contributed by atoms with Gasteiger partial charge in [-0.3, -0.25) is 5.41 Å². The predicted molar refractivity (Wildman–Crippen MR) is 66.9 cm³/mol. The molecule has 0 atom stereocenters. The first-order valence-electron chi connectivity index (χ1n) is 4.97. The number of nitrogens with zero attached hydrogens (tertiary/aromatic N) is 4. The summed E-state index contributed by atoms with van der Waals surface area (Å²) in [5, 5.41) is 42.2. The summed E-state index contributed by atoms with van der Waals surface area (Å²) in [5.74, 6) is 2.00. The van der Waals surface area contributed by atoms with Gasteiger partial charge in [-0.2, -0.15) is 21.0 Å². The third kappa shape index (κ3) is 2.73. The van der Waals surface area contributed by atoms with Crippen molar-refractivity contribution in [1.29, 1.82) is 26.5 Å². The second kappa shape index (κ2) is 6.19. The number of allylic oxidation sites excluding steroid dienone is 3. The van der Waals surface area contributed by atoms with Crippen LogP contribution in [0.5, 0.6) is 0 Å². The van der Waals surface area contributed by atoms with Crippen LogP contribution in [0.3, 0.4) is 0 Å². The van der Waals surface area contributed by atoms with Crippen LogP contribution in [0.1, 0.15) is 11.1 Å². The Labute approximate surface area is 109 Å². The Morgan fingerprint density at radius 2 is 1.32 bits per heavy atom. The van der Waals surface area contributed by atoms with Crippen molar-refractivity contribution in [1.82, 2.24) is 0 Å². The summed E-state index contributed by atoms with van der Waals surface area (Å²) in [6.45, 7) is 0. The molecule has 0 aliphatic carbocycles. The van der Waals surface area contributed by atoms with E-state index < -0.39 is 0 Å². The molecule has 0 fully saturated rings. The second-order valence-electron chi connectivity index (χ2n) is 3.27. The molecule has 0 amide bonds. The lowest BCUT2D eigenvalue weighted by Gasteiger charge is -2.00. The van der Waals surface area contributed by atoms with Gasteiger partial charge in [-0.05, 0) is 11.4 Å². The Morgan fingerprint density at radius 3 is 1.68 bits per heavy atom. The Hall–Kier alpha value is -3.63. The van der Waals surface area contributed by atoms with E-state index in [0.29, 0.717) is 11.1 Å². The van der Waals surface area contributed by atoms with Crippen molar-refractivity contribution in [3.05, 3.63) is 41.0 Å². The second-order valence-corrected chi connectivity index (χ2v) is 3.27. The average Bonchev–Trinajstić information content (AvgIpc) is 2.47. The molecule has 0 radical (unpaired) electrons. The van der Waals surface area contributed by atoms with Crippen LogP contribution in [0.15, 0.2) is 29.8 Å². The Balaban J connectivity index is 3.37. The molecule has 86 valence electrons. The van der Waals surface area contributed by atoms with Crippen LogP contribution in [0.2, 0.25) is 0 Å². The number of hydrogen-bond donors (Lipinski definition) is 1. The van der Waals surface area contributed by atoms with Gasteiger partial charge in [-0.25, -0.2) is 0 Å².